The summed E-state index contributed by atoms with van der Waals surface area (Å²) in [5.74, 6) is 0.500. The number of nitrogens with zero attached hydrogens (tertiary/aromatic N) is 2. The number of aromatic nitrogens is 2. The van der Waals surface area contributed by atoms with E-state index in [-0.39, 0.29) is 0 Å². The molecule has 0 amide bonds. The first-order chi connectivity index (χ1) is 6.34. The predicted octanol–water partition coefficient (Wildman–Crippen LogP) is 1.15. The Bertz CT molecular complexity index is 413. The second kappa shape index (κ2) is 2.33. The number of fused-ring (bicyclic) bond motifs is 1. The van der Waals surface area contributed by atoms with E-state index < -0.39 is 0 Å². The lowest BCUT2D eigenvalue weighted by molar-refractivity contribution is 0.960. The topological polar surface area (TPSA) is 43.3 Å². The molecule has 3 rings (SSSR count). The van der Waals surface area contributed by atoms with Gasteiger partial charge in [-0.15, -0.1) is 0 Å². The van der Waals surface area contributed by atoms with Gasteiger partial charge in [0.2, 0.25) is 0 Å². The number of hydrogen-bond donors (Lipinski definition) is 1. The Morgan fingerprint density at radius 2 is 2.31 bits per heavy atom. The van der Waals surface area contributed by atoms with E-state index in [0.29, 0.717) is 12.0 Å². The van der Waals surface area contributed by atoms with Gasteiger partial charge in [0.1, 0.15) is 5.65 Å². The van der Waals surface area contributed by atoms with Gasteiger partial charge in [0.15, 0.2) is 0 Å². The van der Waals surface area contributed by atoms with Crippen molar-refractivity contribution in [3.05, 3.63) is 36.3 Å². The molecule has 0 saturated heterocycles. The molecule has 0 spiro atoms. The smallest absolute Gasteiger partial charge is 0.136 e. The summed E-state index contributed by atoms with van der Waals surface area (Å²) in [4.78, 5) is 4.51. The Kier molecular flexibility index (Phi) is 1.27. The van der Waals surface area contributed by atoms with Crippen molar-refractivity contribution in [2.45, 2.75) is 18.4 Å². The second-order valence-electron chi connectivity index (χ2n) is 3.64. The van der Waals surface area contributed by atoms with Gasteiger partial charge in [-0.2, -0.15) is 0 Å². The largest absolute Gasteiger partial charge is 0.327 e. The summed E-state index contributed by atoms with van der Waals surface area (Å²) in [5, 5.41) is 0. The van der Waals surface area contributed by atoms with Gasteiger partial charge in [0, 0.05) is 24.4 Å². The zero-order valence-corrected chi connectivity index (χ0v) is 7.22. The molecule has 3 nitrogen and oxygen atoms in total. The second-order valence-corrected chi connectivity index (χ2v) is 3.64. The molecule has 0 aliphatic heterocycles. The van der Waals surface area contributed by atoms with E-state index in [9.17, 15) is 0 Å². The Morgan fingerprint density at radius 1 is 1.46 bits per heavy atom. The third kappa shape index (κ3) is 1.04. The van der Waals surface area contributed by atoms with Crippen molar-refractivity contribution in [3.8, 4) is 0 Å². The van der Waals surface area contributed by atoms with Crippen LogP contribution >= 0.6 is 0 Å². The molecule has 0 bridgehead atoms. The van der Waals surface area contributed by atoms with Crippen LogP contribution in [0.4, 0.5) is 0 Å². The van der Waals surface area contributed by atoms with Crippen LogP contribution in [-0.2, 0) is 0 Å². The summed E-state index contributed by atoms with van der Waals surface area (Å²) < 4.78 is 2.04. The Balaban J connectivity index is 2.12. The molecular weight excluding hydrogens is 162 g/mol. The molecule has 0 aromatic carbocycles. The maximum absolute atomic E-state index is 5.77. The van der Waals surface area contributed by atoms with E-state index in [2.05, 4.69) is 11.2 Å². The van der Waals surface area contributed by atoms with Gasteiger partial charge < -0.3 is 10.1 Å². The first-order valence-electron chi connectivity index (χ1n) is 4.54. The minimum atomic E-state index is 0.338. The van der Waals surface area contributed by atoms with Crippen LogP contribution in [0, 0.1) is 0 Å². The summed E-state index contributed by atoms with van der Waals surface area (Å²) >= 11 is 0. The lowest BCUT2D eigenvalue weighted by atomic mass is 10.3. The molecule has 1 aliphatic rings. The maximum Gasteiger partial charge on any atom is 0.136 e. The minimum Gasteiger partial charge on any atom is -0.327 e. The van der Waals surface area contributed by atoms with Crippen LogP contribution in [0.15, 0.2) is 30.6 Å². The summed E-state index contributed by atoms with van der Waals surface area (Å²) in [6.45, 7) is 0. The van der Waals surface area contributed by atoms with E-state index in [0.717, 1.165) is 17.8 Å². The first kappa shape index (κ1) is 7.09. The highest BCUT2D eigenvalue weighted by Gasteiger charge is 2.36. The fourth-order valence-corrected chi connectivity index (χ4v) is 1.69. The van der Waals surface area contributed by atoms with E-state index in [1.807, 2.05) is 28.8 Å². The third-order valence-corrected chi connectivity index (χ3v) is 2.60. The lowest BCUT2D eigenvalue weighted by Gasteiger charge is -1.86. The molecule has 0 radical (unpaired) electrons. The van der Waals surface area contributed by atoms with Crippen LogP contribution in [0.1, 0.15) is 18.0 Å². The highest BCUT2D eigenvalue weighted by molar-refractivity contribution is 5.41. The van der Waals surface area contributed by atoms with E-state index in [4.69, 9.17) is 5.73 Å². The molecule has 2 atom stereocenters. The SMILES string of the molecule is N[C@@H]1C[C@H]1c1cn2ccccc2n1. The average Bonchev–Trinajstić information content (AvgIpc) is 2.74. The van der Waals surface area contributed by atoms with Crippen molar-refractivity contribution in [1.82, 2.24) is 9.38 Å². The molecule has 0 unspecified atom stereocenters. The van der Waals surface area contributed by atoms with E-state index in [1.54, 1.807) is 0 Å². The predicted molar refractivity (Wildman–Crippen MR) is 50.5 cm³/mol. The number of hydrogen-bond acceptors (Lipinski definition) is 2. The van der Waals surface area contributed by atoms with Crippen molar-refractivity contribution < 1.29 is 0 Å². The van der Waals surface area contributed by atoms with Gasteiger partial charge in [-0.05, 0) is 18.6 Å². The molecule has 2 aromatic rings. The summed E-state index contributed by atoms with van der Waals surface area (Å²) in [5.41, 5.74) is 7.92. The van der Waals surface area contributed by atoms with E-state index in [1.165, 1.54) is 0 Å². The Labute approximate surface area is 76.2 Å². The monoisotopic (exact) mass is 173 g/mol. The molecule has 2 aromatic heterocycles. The van der Waals surface area contributed by atoms with Crippen molar-refractivity contribution in [3.63, 3.8) is 0 Å². The molecule has 2 N–H and O–H groups in total. The van der Waals surface area contributed by atoms with Crippen LogP contribution in [0.3, 0.4) is 0 Å². The van der Waals surface area contributed by atoms with Gasteiger partial charge in [0.25, 0.3) is 0 Å². The van der Waals surface area contributed by atoms with Crippen LogP contribution in [0.5, 0.6) is 0 Å². The van der Waals surface area contributed by atoms with Crippen molar-refractivity contribution in [1.29, 1.82) is 0 Å². The molecule has 3 heteroatoms. The third-order valence-electron chi connectivity index (χ3n) is 2.60. The molecule has 66 valence electrons. The van der Waals surface area contributed by atoms with Gasteiger partial charge >= 0.3 is 0 Å². The molecule has 13 heavy (non-hydrogen) atoms. The van der Waals surface area contributed by atoms with Gasteiger partial charge in [-0.3, -0.25) is 0 Å². The summed E-state index contributed by atoms with van der Waals surface area (Å²) in [7, 11) is 0. The normalized spacial score (nSPS) is 26.5. The summed E-state index contributed by atoms with van der Waals surface area (Å²) in [6.07, 6.45) is 5.18. The quantitative estimate of drug-likeness (QED) is 0.703. The fraction of sp³-hybridized carbons (Fsp3) is 0.300. The first-order valence-corrected chi connectivity index (χ1v) is 4.54. The number of imidazole rings is 1. The van der Waals surface area contributed by atoms with E-state index >= 15 is 0 Å². The number of rotatable bonds is 1. The van der Waals surface area contributed by atoms with Crippen LogP contribution < -0.4 is 5.73 Å². The molecule has 1 aliphatic carbocycles. The maximum atomic E-state index is 5.77. The standard InChI is InChI=1S/C10H11N3/c11-8-5-7(8)9-6-13-4-2-1-3-10(13)12-9/h1-4,6-8H,5,11H2/t7-,8-/m1/s1. The highest BCUT2D eigenvalue weighted by Crippen LogP contribution is 2.38. The molecule has 1 saturated carbocycles. The van der Waals surface area contributed by atoms with Crippen molar-refractivity contribution in [2.24, 2.45) is 5.73 Å². The summed E-state index contributed by atoms with van der Waals surface area (Å²) in [6, 6.07) is 6.35. The van der Waals surface area contributed by atoms with Crippen LogP contribution in [0.25, 0.3) is 5.65 Å². The Hall–Kier alpha value is -1.35. The van der Waals surface area contributed by atoms with Crippen molar-refractivity contribution >= 4 is 5.65 Å². The minimum absolute atomic E-state index is 0.338. The van der Waals surface area contributed by atoms with Crippen LogP contribution in [0.2, 0.25) is 0 Å². The fourth-order valence-electron chi connectivity index (χ4n) is 1.69. The zero-order valence-electron chi connectivity index (χ0n) is 7.22. The van der Waals surface area contributed by atoms with Crippen molar-refractivity contribution in [2.75, 3.05) is 0 Å². The average molecular weight is 173 g/mol. The van der Waals surface area contributed by atoms with Gasteiger partial charge in [-0.25, -0.2) is 4.98 Å². The van der Waals surface area contributed by atoms with Gasteiger partial charge in [0.05, 0.1) is 5.69 Å². The molecule has 2 heterocycles. The molecule has 1 fully saturated rings. The lowest BCUT2D eigenvalue weighted by Crippen LogP contribution is -2.00. The Morgan fingerprint density at radius 3 is 3.00 bits per heavy atom. The number of nitrogens with two attached hydrogens (primary N) is 1. The zero-order chi connectivity index (χ0) is 8.84. The number of pyridine rings is 1. The highest BCUT2D eigenvalue weighted by atomic mass is 15.0. The van der Waals surface area contributed by atoms with Gasteiger partial charge in [-0.1, -0.05) is 6.07 Å². The van der Waals surface area contributed by atoms with Crippen LogP contribution in [-0.4, -0.2) is 15.4 Å². The molecular formula is C10H11N3.